The van der Waals surface area contributed by atoms with Crippen LogP contribution in [0, 0.1) is 6.92 Å². The second-order valence-corrected chi connectivity index (χ2v) is 6.82. The molecule has 2 atom stereocenters. The summed E-state index contributed by atoms with van der Waals surface area (Å²) < 4.78 is 1.50. The van der Waals surface area contributed by atoms with Crippen molar-refractivity contribution < 1.29 is 9.59 Å². The van der Waals surface area contributed by atoms with E-state index >= 15 is 0 Å². The predicted octanol–water partition coefficient (Wildman–Crippen LogP) is 2.35. The van der Waals surface area contributed by atoms with Crippen molar-refractivity contribution in [3.05, 3.63) is 47.8 Å². The molecule has 1 aromatic carbocycles. The fourth-order valence-electron chi connectivity index (χ4n) is 3.52. The Balaban J connectivity index is 1.63. The fraction of sp³-hybridized carbons (Fsp3) is 0.421. The molecule has 1 aliphatic rings. The van der Waals surface area contributed by atoms with E-state index < -0.39 is 0 Å². The quantitative estimate of drug-likeness (QED) is 0.883. The molecule has 2 unspecified atom stereocenters. The van der Waals surface area contributed by atoms with E-state index in [1.807, 2.05) is 11.0 Å². The molecular weight excluding hydrogens is 330 g/mol. The Bertz CT molecular complexity index is 801. The van der Waals surface area contributed by atoms with Gasteiger partial charge in [0, 0.05) is 31.7 Å². The number of aromatic nitrogens is 2. The minimum atomic E-state index is -0.139. The Morgan fingerprint density at radius 1 is 1.31 bits per heavy atom. The second kappa shape index (κ2) is 7.59. The minimum Gasteiger partial charge on any atom is -0.358 e. The maximum absolute atomic E-state index is 12.7. The van der Waals surface area contributed by atoms with Crippen molar-refractivity contribution in [2.75, 3.05) is 18.9 Å². The van der Waals surface area contributed by atoms with Crippen molar-refractivity contribution in [1.82, 2.24) is 20.0 Å². The topological polar surface area (TPSA) is 79.3 Å². The fourth-order valence-corrected chi connectivity index (χ4v) is 3.52. The van der Waals surface area contributed by atoms with Crippen LogP contribution in [0.5, 0.6) is 0 Å². The molecule has 2 heterocycles. The summed E-state index contributed by atoms with van der Waals surface area (Å²) in [6.45, 7) is 5.02. The van der Waals surface area contributed by atoms with Gasteiger partial charge in [-0.1, -0.05) is 24.3 Å². The van der Waals surface area contributed by atoms with E-state index in [1.54, 1.807) is 19.4 Å². The highest BCUT2D eigenvalue weighted by Crippen LogP contribution is 2.33. The SMILES string of the molecule is CNC(=O)Cn1cc(NC(=O)N2CC(c3ccccc3C)CC2C)cn1. The summed E-state index contributed by atoms with van der Waals surface area (Å²) >= 11 is 0. The molecule has 2 N–H and O–H groups in total. The van der Waals surface area contributed by atoms with E-state index in [0.717, 1.165) is 6.42 Å². The first kappa shape index (κ1) is 18.0. The number of anilines is 1. The first-order chi connectivity index (χ1) is 12.5. The number of likely N-dealkylation sites (N-methyl/N-ethyl adjacent to an activating group) is 1. The third kappa shape index (κ3) is 3.87. The maximum atomic E-state index is 12.7. The predicted molar refractivity (Wildman–Crippen MR) is 100 cm³/mol. The molecule has 1 saturated heterocycles. The Hall–Kier alpha value is -2.83. The molecule has 3 amide bonds. The summed E-state index contributed by atoms with van der Waals surface area (Å²) in [5.74, 6) is 0.216. The van der Waals surface area contributed by atoms with E-state index in [0.29, 0.717) is 18.2 Å². The van der Waals surface area contributed by atoms with Crippen LogP contribution in [-0.2, 0) is 11.3 Å². The number of aryl methyl sites for hydroxylation is 1. The molecule has 3 rings (SSSR count). The summed E-state index contributed by atoms with van der Waals surface area (Å²) in [7, 11) is 1.58. The van der Waals surface area contributed by atoms with Gasteiger partial charge in [0.2, 0.25) is 5.91 Å². The molecule has 138 valence electrons. The van der Waals surface area contributed by atoms with Crippen LogP contribution in [0.4, 0.5) is 10.5 Å². The Morgan fingerprint density at radius 3 is 2.81 bits per heavy atom. The van der Waals surface area contributed by atoms with E-state index in [9.17, 15) is 9.59 Å². The smallest absolute Gasteiger partial charge is 0.322 e. The van der Waals surface area contributed by atoms with Gasteiger partial charge in [0.15, 0.2) is 0 Å². The number of urea groups is 1. The van der Waals surface area contributed by atoms with Crippen LogP contribution in [0.3, 0.4) is 0 Å². The van der Waals surface area contributed by atoms with Crippen molar-refractivity contribution in [1.29, 1.82) is 0 Å². The number of nitrogens with one attached hydrogen (secondary N) is 2. The molecular formula is C19H25N5O2. The molecule has 1 fully saturated rings. The highest BCUT2D eigenvalue weighted by Gasteiger charge is 2.33. The number of carbonyl (C=O) groups is 2. The van der Waals surface area contributed by atoms with Gasteiger partial charge in [-0.25, -0.2) is 4.79 Å². The zero-order chi connectivity index (χ0) is 18.7. The average molecular weight is 355 g/mol. The zero-order valence-corrected chi connectivity index (χ0v) is 15.4. The van der Waals surface area contributed by atoms with Crippen LogP contribution in [-0.4, -0.2) is 46.3 Å². The molecule has 0 aliphatic carbocycles. The summed E-state index contributed by atoms with van der Waals surface area (Å²) in [6.07, 6.45) is 4.17. The number of benzene rings is 1. The summed E-state index contributed by atoms with van der Waals surface area (Å²) in [6, 6.07) is 8.39. The Morgan fingerprint density at radius 2 is 2.08 bits per heavy atom. The molecule has 2 aromatic rings. The molecule has 0 radical (unpaired) electrons. The number of hydrogen-bond acceptors (Lipinski definition) is 3. The Kier molecular flexibility index (Phi) is 5.25. The van der Waals surface area contributed by atoms with Crippen molar-refractivity contribution in [3.8, 4) is 0 Å². The van der Waals surface area contributed by atoms with E-state index in [-0.39, 0.29) is 24.5 Å². The van der Waals surface area contributed by atoms with Gasteiger partial charge in [0.1, 0.15) is 6.54 Å². The monoisotopic (exact) mass is 355 g/mol. The number of amides is 3. The normalized spacial score (nSPS) is 19.4. The maximum Gasteiger partial charge on any atom is 0.322 e. The van der Waals surface area contributed by atoms with Crippen molar-refractivity contribution in [2.45, 2.75) is 38.8 Å². The molecule has 7 heteroatoms. The van der Waals surface area contributed by atoms with Gasteiger partial charge in [-0.15, -0.1) is 0 Å². The summed E-state index contributed by atoms with van der Waals surface area (Å²) in [4.78, 5) is 25.9. The third-order valence-electron chi connectivity index (χ3n) is 4.93. The van der Waals surface area contributed by atoms with Crippen LogP contribution >= 0.6 is 0 Å². The number of nitrogens with zero attached hydrogens (tertiary/aromatic N) is 3. The van der Waals surface area contributed by atoms with Gasteiger partial charge < -0.3 is 15.5 Å². The van der Waals surface area contributed by atoms with Gasteiger partial charge >= 0.3 is 6.03 Å². The molecule has 1 aliphatic heterocycles. The summed E-state index contributed by atoms with van der Waals surface area (Å²) in [5.41, 5.74) is 3.17. The average Bonchev–Trinajstić information content (AvgIpc) is 3.21. The minimum absolute atomic E-state index is 0.127. The summed E-state index contributed by atoms with van der Waals surface area (Å²) in [5, 5.41) is 9.53. The van der Waals surface area contributed by atoms with Gasteiger partial charge in [0.05, 0.1) is 11.9 Å². The molecule has 1 aromatic heterocycles. The number of hydrogen-bond donors (Lipinski definition) is 2. The second-order valence-electron chi connectivity index (χ2n) is 6.82. The first-order valence-electron chi connectivity index (χ1n) is 8.84. The Labute approximate surface area is 153 Å². The lowest BCUT2D eigenvalue weighted by Crippen LogP contribution is -2.37. The lowest BCUT2D eigenvalue weighted by atomic mass is 9.93. The van der Waals surface area contributed by atoms with Crippen LogP contribution in [0.25, 0.3) is 0 Å². The highest BCUT2D eigenvalue weighted by atomic mass is 16.2. The first-order valence-corrected chi connectivity index (χ1v) is 8.84. The lowest BCUT2D eigenvalue weighted by Gasteiger charge is -2.21. The van der Waals surface area contributed by atoms with Crippen LogP contribution in [0.15, 0.2) is 36.7 Å². The number of carbonyl (C=O) groups excluding carboxylic acids is 2. The van der Waals surface area contributed by atoms with Crippen LogP contribution in [0.2, 0.25) is 0 Å². The molecule has 0 spiro atoms. The van der Waals surface area contributed by atoms with E-state index in [1.165, 1.54) is 15.8 Å². The van der Waals surface area contributed by atoms with E-state index in [4.69, 9.17) is 0 Å². The van der Waals surface area contributed by atoms with Gasteiger partial charge in [-0.2, -0.15) is 5.10 Å². The zero-order valence-electron chi connectivity index (χ0n) is 15.4. The standard InChI is InChI=1S/C19H25N5O2/c1-13-6-4-5-7-17(13)15-8-14(2)24(10-15)19(26)22-16-9-21-23(11-16)12-18(25)20-3/h4-7,9,11,14-15H,8,10,12H2,1-3H3,(H,20,25)(H,22,26). The van der Waals surface area contributed by atoms with Gasteiger partial charge in [0.25, 0.3) is 0 Å². The highest BCUT2D eigenvalue weighted by molar-refractivity contribution is 5.89. The number of rotatable bonds is 4. The largest absolute Gasteiger partial charge is 0.358 e. The van der Waals surface area contributed by atoms with Crippen LogP contribution < -0.4 is 10.6 Å². The van der Waals surface area contributed by atoms with Crippen LogP contribution in [0.1, 0.15) is 30.4 Å². The molecule has 7 nitrogen and oxygen atoms in total. The van der Waals surface area contributed by atoms with Crippen molar-refractivity contribution >= 4 is 17.6 Å². The molecule has 0 bridgehead atoms. The van der Waals surface area contributed by atoms with Gasteiger partial charge in [-0.05, 0) is 31.4 Å². The number of likely N-dealkylation sites (tertiary alicyclic amines) is 1. The third-order valence-corrected chi connectivity index (χ3v) is 4.93. The lowest BCUT2D eigenvalue weighted by molar-refractivity contribution is -0.121. The van der Waals surface area contributed by atoms with Gasteiger partial charge in [-0.3, -0.25) is 9.48 Å². The van der Waals surface area contributed by atoms with Crippen molar-refractivity contribution in [2.24, 2.45) is 0 Å². The van der Waals surface area contributed by atoms with E-state index in [2.05, 4.69) is 47.8 Å². The molecule has 26 heavy (non-hydrogen) atoms. The molecule has 0 saturated carbocycles. The van der Waals surface area contributed by atoms with Crippen molar-refractivity contribution in [3.63, 3.8) is 0 Å².